The maximum absolute atomic E-state index is 10.8. The van der Waals surface area contributed by atoms with Gasteiger partial charge in [-0.15, -0.1) is 0 Å². The van der Waals surface area contributed by atoms with Crippen molar-refractivity contribution in [1.29, 1.82) is 0 Å². The van der Waals surface area contributed by atoms with Gasteiger partial charge in [-0.1, -0.05) is 11.7 Å². The highest BCUT2D eigenvalue weighted by Gasteiger charge is 2.24. The summed E-state index contributed by atoms with van der Waals surface area (Å²) in [6, 6.07) is 0. The number of nitrogens with zero attached hydrogens (tertiary/aromatic N) is 1. The standard InChI is InChI=1S/C8H11N3O3/c1-2-7(12)10-4-5-3-6(8(9)13)11-14-5/h2,5H,1,3-4H2,(H2,9,13)(H,10,12)/t5-/m0/s1. The molecule has 0 fully saturated rings. The zero-order valence-corrected chi connectivity index (χ0v) is 7.53. The molecular weight excluding hydrogens is 186 g/mol. The van der Waals surface area contributed by atoms with Crippen LogP contribution < -0.4 is 11.1 Å². The lowest BCUT2D eigenvalue weighted by Crippen LogP contribution is -2.32. The fourth-order valence-corrected chi connectivity index (χ4v) is 0.970. The molecule has 1 atom stereocenters. The molecule has 6 nitrogen and oxygen atoms in total. The van der Waals surface area contributed by atoms with Crippen LogP contribution in [0.2, 0.25) is 0 Å². The van der Waals surface area contributed by atoms with Crippen LogP contribution >= 0.6 is 0 Å². The Labute approximate surface area is 80.8 Å². The van der Waals surface area contributed by atoms with E-state index in [-0.39, 0.29) is 24.3 Å². The molecule has 1 rings (SSSR count). The molecule has 0 saturated heterocycles. The maximum Gasteiger partial charge on any atom is 0.266 e. The van der Waals surface area contributed by atoms with E-state index in [1.54, 1.807) is 0 Å². The Morgan fingerprint density at radius 1 is 1.79 bits per heavy atom. The van der Waals surface area contributed by atoms with Crippen molar-refractivity contribution in [3.8, 4) is 0 Å². The summed E-state index contributed by atoms with van der Waals surface area (Å²) in [5.41, 5.74) is 5.19. The van der Waals surface area contributed by atoms with E-state index in [2.05, 4.69) is 17.1 Å². The number of hydrogen-bond donors (Lipinski definition) is 2. The van der Waals surface area contributed by atoms with Gasteiger partial charge in [-0.2, -0.15) is 0 Å². The lowest BCUT2D eigenvalue weighted by Gasteiger charge is -2.07. The first-order valence-corrected chi connectivity index (χ1v) is 4.06. The van der Waals surface area contributed by atoms with Crippen molar-refractivity contribution in [2.45, 2.75) is 12.5 Å². The van der Waals surface area contributed by atoms with Crippen LogP contribution in [0.1, 0.15) is 6.42 Å². The molecule has 0 aromatic carbocycles. The van der Waals surface area contributed by atoms with Gasteiger partial charge in [0.15, 0.2) is 6.10 Å². The molecule has 0 bridgehead atoms. The number of rotatable bonds is 4. The molecule has 1 heterocycles. The highest BCUT2D eigenvalue weighted by atomic mass is 16.6. The van der Waals surface area contributed by atoms with Crippen molar-refractivity contribution in [2.24, 2.45) is 10.9 Å². The zero-order chi connectivity index (χ0) is 10.6. The molecule has 0 spiro atoms. The van der Waals surface area contributed by atoms with E-state index in [0.29, 0.717) is 6.42 Å². The summed E-state index contributed by atoms with van der Waals surface area (Å²) < 4.78 is 0. The first-order chi connectivity index (χ1) is 6.63. The van der Waals surface area contributed by atoms with Crippen molar-refractivity contribution >= 4 is 17.5 Å². The Bertz CT molecular complexity index is 298. The Kier molecular flexibility index (Phi) is 3.22. The van der Waals surface area contributed by atoms with Crippen LogP contribution in [0.15, 0.2) is 17.8 Å². The van der Waals surface area contributed by atoms with E-state index in [0.717, 1.165) is 6.08 Å². The minimum Gasteiger partial charge on any atom is -0.390 e. The zero-order valence-electron chi connectivity index (χ0n) is 7.53. The molecule has 0 saturated carbocycles. The monoisotopic (exact) mass is 197 g/mol. The molecule has 6 heteroatoms. The third kappa shape index (κ3) is 2.58. The molecule has 1 aliphatic heterocycles. The highest BCUT2D eigenvalue weighted by molar-refractivity contribution is 6.38. The first-order valence-electron chi connectivity index (χ1n) is 4.06. The molecule has 0 radical (unpaired) electrons. The molecular formula is C8H11N3O3. The van der Waals surface area contributed by atoms with Gasteiger partial charge in [0, 0.05) is 6.42 Å². The van der Waals surface area contributed by atoms with Crippen molar-refractivity contribution < 1.29 is 14.4 Å². The number of nitrogens with one attached hydrogen (secondary N) is 1. The third-order valence-electron chi connectivity index (χ3n) is 1.71. The van der Waals surface area contributed by atoms with Gasteiger partial charge in [-0.25, -0.2) is 0 Å². The Morgan fingerprint density at radius 3 is 3.00 bits per heavy atom. The SMILES string of the molecule is C=CC(=O)NC[C@@H]1CC(C(N)=O)=NO1. The molecule has 0 aliphatic carbocycles. The van der Waals surface area contributed by atoms with E-state index in [9.17, 15) is 9.59 Å². The number of carbonyl (C=O) groups excluding carboxylic acids is 2. The van der Waals surface area contributed by atoms with Crippen molar-refractivity contribution in [3.05, 3.63) is 12.7 Å². The quantitative estimate of drug-likeness (QED) is 0.561. The normalized spacial score (nSPS) is 19.4. The summed E-state index contributed by atoms with van der Waals surface area (Å²) in [6.45, 7) is 3.58. The topological polar surface area (TPSA) is 93.8 Å². The minimum absolute atomic E-state index is 0.197. The average molecular weight is 197 g/mol. The van der Waals surface area contributed by atoms with Gasteiger partial charge < -0.3 is 15.9 Å². The van der Waals surface area contributed by atoms with E-state index < -0.39 is 5.91 Å². The lowest BCUT2D eigenvalue weighted by molar-refractivity contribution is -0.117. The van der Waals surface area contributed by atoms with Crippen molar-refractivity contribution in [2.75, 3.05) is 6.54 Å². The van der Waals surface area contributed by atoms with Crippen LogP contribution in [0, 0.1) is 0 Å². The average Bonchev–Trinajstić information content (AvgIpc) is 2.62. The van der Waals surface area contributed by atoms with E-state index in [1.807, 2.05) is 0 Å². The van der Waals surface area contributed by atoms with Crippen LogP contribution in [0.3, 0.4) is 0 Å². The first kappa shape index (κ1) is 10.2. The number of oxime groups is 1. The molecule has 0 aromatic heterocycles. The van der Waals surface area contributed by atoms with Crippen LogP contribution in [-0.4, -0.2) is 30.2 Å². The van der Waals surface area contributed by atoms with Gasteiger partial charge in [-0.05, 0) is 6.08 Å². The van der Waals surface area contributed by atoms with Gasteiger partial charge >= 0.3 is 0 Å². The molecule has 0 unspecified atom stereocenters. The van der Waals surface area contributed by atoms with E-state index in [4.69, 9.17) is 10.6 Å². The lowest BCUT2D eigenvalue weighted by atomic mass is 10.2. The van der Waals surface area contributed by atoms with E-state index >= 15 is 0 Å². The molecule has 2 amide bonds. The van der Waals surface area contributed by atoms with Crippen LogP contribution in [0.4, 0.5) is 0 Å². The Balaban J connectivity index is 2.29. The molecule has 3 N–H and O–H groups in total. The van der Waals surface area contributed by atoms with Crippen LogP contribution in [-0.2, 0) is 14.4 Å². The van der Waals surface area contributed by atoms with E-state index in [1.165, 1.54) is 0 Å². The second-order valence-corrected chi connectivity index (χ2v) is 2.78. The largest absolute Gasteiger partial charge is 0.390 e. The number of primary amides is 1. The number of carbonyl (C=O) groups is 2. The molecule has 0 aromatic rings. The Hall–Kier alpha value is -1.85. The number of hydrogen-bond acceptors (Lipinski definition) is 4. The van der Waals surface area contributed by atoms with Crippen molar-refractivity contribution in [1.82, 2.24) is 5.32 Å². The number of nitrogens with two attached hydrogens (primary N) is 1. The second-order valence-electron chi connectivity index (χ2n) is 2.78. The predicted molar refractivity (Wildman–Crippen MR) is 49.3 cm³/mol. The van der Waals surface area contributed by atoms with Crippen LogP contribution in [0.25, 0.3) is 0 Å². The molecule has 14 heavy (non-hydrogen) atoms. The predicted octanol–water partition coefficient (Wildman–Crippen LogP) is -1.08. The molecule has 76 valence electrons. The fourth-order valence-electron chi connectivity index (χ4n) is 0.970. The number of amides is 2. The molecule has 1 aliphatic rings. The van der Waals surface area contributed by atoms with Gasteiger partial charge in [0.05, 0.1) is 6.54 Å². The van der Waals surface area contributed by atoms with Gasteiger partial charge in [0.25, 0.3) is 5.91 Å². The summed E-state index contributed by atoms with van der Waals surface area (Å²) in [4.78, 5) is 26.3. The highest BCUT2D eigenvalue weighted by Crippen LogP contribution is 2.08. The van der Waals surface area contributed by atoms with Gasteiger partial charge in [0.1, 0.15) is 5.71 Å². The second kappa shape index (κ2) is 4.40. The van der Waals surface area contributed by atoms with Crippen LogP contribution in [0.5, 0.6) is 0 Å². The summed E-state index contributed by atoms with van der Waals surface area (Å²) in [5, 5.41) is 6.01. The third-order valence-corrected chi connectivity index (χ3v) is 1.71. The fraction of sp³-hybridized carbons (Fsp3) is 0.375. The summed E-state index contributed by atoms with van der Waals surface area (Å²) in [7, 11) is 0. The minimum atomic E-state index is -0.595. The summed E-state index contributed by atoms with van der Waals surface area (Å²) in [5.74, 6) is -0.885. The van der Waals surface area contributed by atoms with Gasteiger partial charge in [0.2, 0.25) is 5.91 Å². The summed E-state index contributed by atoms with van der Waals surface area (Å²) >= 11 is 0. The van der Waals surface area contributed by atoms with Gasteiger partial charge in [-0.3, -0.25) is 9.59 Å². The smallest absolute Gasteiger partial charge is 0.266 e. The maximum atomic E-state index is 10.8. The Morgan fingerprint density at radius 2 is 2.50 bits per heavy atom. The summed E-state index contributed by atoms with van der Waals surface area (Å²) in [6.07, 6.45) is 1.17. The van der Waals surface area contributed by atoms with Crippen molar-refractivity contribution in [3.63, 3.8) is 0 Å².